The van der Waals surface area contributed by atoms with Crippen molar-refractivity contribution in [1.29, 1.82) is 0 Å². The fourth-order valence-corrected chi connectivity index (χ4v) is 6.61. The summed E-state index contributed by atoms with van der Waals surface area (Å²) in [6.45, 7) is 7.55. The van der Waals surface area contributed by atoms with Gasteiger partial charge in [-0.3, -0.25) is 4.98 Å². The van der Waals surface area contributed by atoms with E-state index in [0.717, 1.165) is 62.0 Å². The van der Waals surface area contributed by atoms with Crippen molar-refractivity contribution in [3.05, 3.63) is 54.0 Å². The summed E-state index contributed by atoms with van der Waals surface area (Å²) in [5.41, 5.74) is 2.98. The summed E-state index contributed by atoms with van der Waals surface area (Å²) < 4.78 is 31.7. The van der Waals surface area contributed by atoms with Crippen LogP contribution in [0.5, 0.6) is 0 Å². The van der Waals surface area contributed by atoms with Crippen molar-refractivity contribution in [3.8, 4) is 0 Å². The van der Waals surface area contributed by atoms with E-state index in [0.29, 0.717) is 11.5 Å². The van der Waals surface area contributed by atoms with Gasteiger partial charge >= 0.3 is 12.1 Å². The number of pyridine rings is 1. The van der Waals surface area contributed by atoms with Gasteiger partial charge < -0.3 is 19.8 Å². The van der Waals surface area contributed by atoms with Crippen LogP contribution in [0.15, 0.2) is 42.6 Å². The first-order valence-electron chi connectivity index (χ1n) is 14.3. The molecule has 11 heteroatoms. The lowest BCUT2D eigenvalue weighted by atomic mass is 9.85. The van der Waals surface area contributed by atoms with Gasteiger partial charge in [0.2, 0.25) is 0 Å². The second kappa shape index (κ2) is 11.8. The Kier molecular flexibility index (Phi) is 8.35. The minimum absolute atomic E-state index is 0.431. The second-order valence-corrected chi connectivity index (χ2v) is 11.3. The molecule has 8 nitrogen and oxygen atoms in total. The van der Waals surface area contributed by atoms with E-state index in [1.54, 1.807) is 0 Å². The third-order valence-electron chi connectivity index (χ3n) is 8.96. The molecule has 6 rings (SSSR count). The van der Waals surface area contributed by atoms with Gasteiger partial charge in [0.25, 0.3) is 0 Å². The van der Waals surface area contributed by atoms with Crippen LogP contribution in [-0.4, -0.2) is 82.4 Å². The molecule has 2 aromatic heterocycles. The highest BCUT2D eigenvalue weighted by Crippen LogP contribution is 2.39. The average Bonchev–Trinajstić information content (AvgIpc) is 3.31. The van der Waals surface area contributed by atoms with Crippen LogP contribution in [0.25, 0.3) is 10.9 Å². The molecule has 3 saturated heterocycles. The molecule has 3 aliphatic rings. The fraction of sp³-hybridized carbons (Fsp3) is 0.533. The molecule has 0 atom stereocenters. The molecule has 1 N–H and O–H groups in total. The molecule has 220 valence electrons. The number of aryl methyl sites for hydroxylation is 1. The lowest BCUT2D eigenvalue weighted by Crippen LogP contribution is -2.51. The Morgan fingerprint density at radius 3 is 2.15 bits per heavy atom. The molecule has 41 heavy (non-hydrogen) atoms. The minimum atomic E-state index is -5.08. The highest BCUT2D eigenvalue weighted by atomic mass is 19.4. The topological polar surface area (TPSA) is 85.7 Å². The molecule has 0 bridgehead atoms. The van der Waals surface area contributed by atoms with Gasteiger partial charge in [0.15, 0.2) is 0 Å². The number of nitrogens with zero attached hydrogens (tertiary/aromatic N) is 6. The Balaban J connectivity index is 0.000000431. The maximum atomic E-state index is 10.6. The first-order chi connectivity index (χ1) is 19.6. The van der Waals surface area contributed by atoms with Gasteiger partial charge in [-0.15, -0.1) is 0 Å². The summed E-state index contributed by atoms with van der Waals surface area (Å²) in [7, 11) is 2.31. The molecule has 0 saturated carbocycles. The number of aromatic nitrogens is 3. The van der Waals surface area contributed by atoms with Gasteiger partial charge in [0.05, 0.1) is 5.52 Å². The Morgan fingerprint density at radius 1 is 0.951 bits per heavy atom. The zero-order chi connectivity index (χ0) is 29.2. The Bertz CT molecular complexity index is 1360. The summed E-state index contributed by atoms with van der Waals surface area (Å²) in [5.74, 6) is 0.910. The number of benzene rings is 1. The Morgan fingerprint density at radius 2 is 1.56 bits per heavy atom. The van der Waals surface area contributed by atoms with Crippen LogP contribution >= 0.6 is 0 Å². The largest absolute Gasteiger partial charge is 0.490 e. The van der Waals surface area contributed by atoms with Crippen molar-refractivity contribution in [2.45, 2.75) is 63.1 Å². The molecule has 0 radical (unpaired) electrons. The van der Waals surface area contributed by atoms with Crippen LogP contribution in [0.4, 0.5) is 24.8 Å². The number of hydrogen-bond donors (Lipinski definition) is 1. The maximum absolute atomic E-state index is 10.6. The number of likely N-dealkylation sites (tertiary alicyclic amines) is 1. The molecule has 3 aliphatic heterocycles. The Hall–Kier alpha value is -3.47. The zero-order valence-electron chi connectivity index (χ0n) is 23.6. The summed E-state index contributed by atoms with van der Waals surface area (Å²) in [6, 6.07) is 13.0. The van der Waals surface area contributed by atoms with E-state index in [4.69, 9.17) is 19.9 Å². The number of carboxylic acids is 1. The molecule has 1 aromatic carbocycles. The third-order valence-corrected chi connectivity index (χ3v) is 8.96. The molecular weight excluding hydrogens is 533 g/mol. The molecule has 1 spiro atoms. The highest BCUT2D eigenvalue weighted by molar-refractivity contribution is 5.82. The van der Waals surface area contributed by atoms with E-state index in [1.807, 2.05) is 13.1 Å². The summed E-state index contributed by atoms with van der Waals surface area (Å²) in [4.78, 5) is 30.7. The van der Waals surface area contributed by atoms with Gasteiger partial charge in [-0.2, -0.15) is 13.2 Å². The Labute approximate surface area is 238 Å². The normalized spacial score (nSPS) is 19.8. The number of carbonyl (C=O) groups is 1. The number of hydrogen-bond acceptors (Lipinski definition) is 7. The summed E-state index contributed by atoms with van der Waals surface area (Å²) in [6.07, 6.45) is 4.36. The first-order valence-corrected chi connectivity index (χ1v) is 14.3. The van der Waals surface area contributed by atoms with Crippen molar-refractivity contribution in [2.75, 3.05) is 49.6 Å². The second-order valence-electron chi connectivity index (χ2n) is 11.3. The smallest absolute Gasteiger partial charge is 0.475 e. The highest BCUT2D eigenvalue weighted by Gasteiger charge is 2.41. The van der Waals surface area contributed by atoms with Gasteiger partial charge in [0, 0.05) is 49.4 Å². The number of halogens is 3. The average molecular weight is 571 g/mol. The van der Waals surface area contributed by atoms with Crippen LogP contribution < -0.4 is 9.80 Å². The van der Waals surface area contributed by atoms with Crippen molar-refractivity contribution in [2.24, 2.45) is 0 Å². The number of piperidine rings is 2. The predicted molar refractivity (Wildman–Crippen MR) is 152 cm³/mol. The number of alkyl halides is 3. The number of rotatable bonds is 3. The lowest BCUT2D eigenvalue weighted by Gasteiger charge is -2.44. The number of carboxylic acid groups (broad SMARTS) is 1. The van der Waals surface area contributed by atoms with E-state index in [2.05, 4.69) is 63.1 Å². The molecular formula is C30H37F3N6O2. The quantitative estimate of drug-likeness (QED) is 0.447. The first kappa shape index (κ1) is 29.0. The molecule has 5 heterocycles. The van der Waals surface area contributed by atoms with Gasteiger partial charge in [-0.1, -0.05) is 18.2 Å². The van der Waals surface area contributed by atoms with E-state index in [-0.39, 0.29) is 0 Å². The summed E-state index contributed by atoms with van der Waals surface area (Å²) >= 11 is 0. The molecule has 0 unspecified atom stereocenters. The fourth-order valence-electron chi connectivity index (χ4n) is 6.61. The standard InChI is InChI=1S/C28H36N6.C2HF3O2/c1-21-30-26(20-27(31-21)34-18-12-28(13-19-34)11-5-15-32(28)2)33-16-9-22(10-17-33)23-8-14-29-25-7-4-3-6-24(23)25;3-2(4,5)1(6)7/h3-4,6-8,14,20,22H,5,9-13,15-19H2,1-2H3;(H,6,7). The summed E-state index contributed by atoms with van der Waals surface area (Å²) in [5, 5.41) is 8.43. The van der Waals surface area contributed by atoms with Crippen LogP contribution in [0.1, 0.15) is 55.8 Å². The monoisotopic (exact) mass is 570 g/mol. The van der Waals surface area contributed by atoms with Crippen molar-refractivity contribution >= 4 is 28.5 Å². The van der Waals surface area contributed by atoms with E-state index >= 15 is 0 Å². The van der Waals surface area contributed by atoms with Crippen molar-refractivity contribution < 1.29 is 23.1 Å². The predicted octanol–water partition coefficient (Wildman–Crippen LogP) is 5.42. The van der Waals surface area contributed by atoms with Crippen LogP contribution in [-0.2, 0) is 4.79 Å². The number of anilines is 2. The van der Waals surface area contributed by atoms with Crippen molar-refractivity contribution in [1.82, 2.24) is 19.9 Å². The molecule has 3 fully saturated rings. The van der Waals surface area contributed by atoms with Gasteiger partial charge in [-0.05, 0) is 82.7 Å². The van der Waals surface area contributed by atoms with Crippen LogP contribution in [0.2, 0.25) is 0 Å². The van der Waals surface area contributed by atoms with Crippen LogP contribution in [0, 0.1) is 6.92 Å². The van der Waals surface area contributed by atoms with E-state index < -0.39 is 12.1 Å². The van der Waals surface area contributed by atoms with Gasteiger partial charge in [0.1, 0.15) is 17.5 Å². The molecule has 3 aromatic rings. The van der Waals surface area contributed by atoms with Gasteiger partial charge in [-0.25, -0.2) is 14.8 Å². The number of para-hydroxylation sites is 1. The molecule has 0 aliphatic carbocycles. The third kappa shape index (κ3) is 6.39. The lowest BCUT2D eigenvalue weighted by molar-refractivity contribution is -0.192. The van der Waals surface area contributed by atoms with Crippen LogP contribution in [0.3, 0.4) is 0 Å². The maximum Gasteiger partial charge on any atom is 0.490 e. The molecule has 0 amide bonds. The number of aliphatic carboxylic acids is 1. The number of fused-ring (bicyclic) bond motifs is 1. The van der Waals surface area contributed by atoms with E-state index in [9.17, 15) is 13.2 Å². The van der Waals surface area contributed by atoms with E-state index in [1.165, 1.54) is 43.2 Å². The zero-order valence-corrected chi connectivity index (χ0v) is 23.6. The van der Waals surface area contributed by atoms with Crippen molar-refractivity contribution in [3.63, 3.8) is 0 Å². The SMILES string of the molecule is Cc1nc(N2CCC(c3ccnc4ccccc34)CC2)cc(N2CCC3(CCCN3C)CC2)n1.O=C(O)C(F)(F)F. The minimum Gasteiger partial charge on any atom is -0.475 e.